The molecule has 162 valence electrons. The first-order valence-corrected chi connectivity index (χ1v) is 10.8. The zero-order valence-corrected chi connectivity index (χ0v) is 18.0. The number of benzene rings is 3. The molecular weight excluding hydrogens is 430 g/mol. The summed E-state index contributed by atoms with van der Waals surface area (Å²) < 4.78 is 28.6. The average Bonchev–Trinajstić information content (AvgIpc) is 3.22. The standard InChI is InChI=1S/C24H20F2N4OS/c1-16(23(31)27-15-17-5-3-2-4-6-17)32-24-29-28-22(18-7-9-19(25)10-8-18)30(24)21-13-11-20(26)12-14-21/h2-14,16H,15H2,1H3,(H,27,31). The normalized spacial score (nSPS) is 11.8. The number of carbonyl (C=O) groups is 1. The lowest BCUT2D eigenvalue weighted by molar-refractivity contribution is -0.120. The van der Waals surface area contributed by atoms with Gasteiger partial charge in [-0.25, -0.2) is 8.78 Å². The second-order valence-electron chi connectivity index (χ2n) is 7.09. The van der Waals surface area contributed by atoms with Gasteiger partial charge < -0.3 is 5.32 Å². The largest absolute Gasteiger partial charge is 0.351 e. The van der Waals surface area contributed by atoms with Crippen molar-refractivity contribution < 1.29 is 13.6 Å². The molecule has 1 N–H and O–H groups in total. The lowest BCUT2D eigenvalue weighted by Gasteiger charge is -2.14. The minimum atomic E-state index is -0.455. The van der Waals surface area contributed by atoms with E-state index in [0.29, 0.717) is 28.8 Å². The van der Waals surface area contributed by atoms with Gasteiger partial charge in [0.25, 0.3) is 0 Å². The van der Waals surface area contributed by atoms with Gasteiger partial charge in [-0.2, -0.15) is 0 Å². The minimum Gasteiger partial charge on any atom is -0.351 e. The Morgan fingerprint density at radius 1 is 0.938 bits per heavy atom. The van der Waals surface area contributed by atoms with Crippen LogP contribution in [-0.4, -0.2) is 25.9 Å². The Morgan fingerprint density at radius 3 is 2.22 bits per heavy atom. The molecule has 4 rings (SSSR count). The van der Waals surface area contributed by atoms with Gasteiger partial charge in [-0.05, 0) is 61.0 Å². The fraction of sp³-hybridized carbons (Fsp3) is 0.125. The molecule has 1 unspecified atom stereocenters. The van der Waals surface area contributed by atoms with E-state index in [1.54, 1.807) is 35.8 Å². The van der Waals surface area contributed by atoms with Gasteiger partial charge >= 0.3 is 0 Å². The number of halogens is 2. The highest BCUT2D eigenvalue weighted by atomic mass is 32.2. The van der Waals surface area contributed by atoms with Crippen molar-refractivity contribution in [3.8, 4) is 17.1 Å². The number of rotatable bonds is 7. The predicted octanol–water partition coefficient (Wildman–Crippen LogP) is 5.01. The van der Waals surface area contributed by atoms with E-state index < -0.39 is 5.25 Å². The van der Waals surface area contributed by atoms with Crippen molar-refractivity contribution >= 4 is 17.7 Å². The molecule has 5 nitrogen and oxygen atoms in total. The summed E-state index contributed by atoms with van der Waals surface area (Å²) in [6.45, 7) is 2.21. The molecule has 32 heavy (non-hydrogen) atoms. The number of hydrogen-bond acceptors (Lipinski definition) is 4. The quantitative estimate of drug-likeness (QED) is 0.402. The molecule has 0 fully saturated rings. The summed E-state index contributed by atoms with van der Waals surface area (Å²) in [6.07, 6.45) is 0. The first-order valence-electron chi connectivity index (χ1n) is 9.97. The van der Waals surface area contributed by atoms with Crippen LogP contribution in [0.3, 0.4) is 0 Å². The molecule has 0 aliphatic rings. The molecule has 4 aromatic rings. The van der Waals surface area contributed by atoms with Crippen molar-refractivity contribution in [1.82, 2.24) is 20.1 Å². The molecule has 0 saturated heterocycles. The Morgan fingerprint density at radius 2 is 1.56 bits per heavy atom. The van der Waals surface area contributed by atoms with Crippen LogP contribution >= 0.6 is 11.8 Å². The number of amides is 1. The molecule has 1 atom stereocenters. The molecule has 1 heterocycles. The van der Waals surface area contributed by atoms with Crippen LogP contribution in [0.1, 0.15) is 12.5 Å². The van der Waals surface area contributed by atoms with Crippen LogP contribution < -0.4 is 5.32 Å². The van der Waals surface area contributed by atoms with E-state index in [1.807, 2.05) is 30.3 Å². The van der Waals surface area contributed by atoms with E-state index in [-0.39, 0.29) is 17.5 Å². The fourth-order valence-electron chi connectivity index (χ4n) is 3.10. The highest BCUT2D eigenvalue weighted by Crippen LogP contribution is 2.30. The van der Waals surface area contributed by atoms with Crippen molar-refractivity contribution in [2.75, 3.05) is 0 Å². The Balaban J connectivity index is 1.59. The van der Waals surface area contributed by atoms with Gasteiger partial charge in [-0.1, -0.05) is 42.1 Å². The van der Waals surface area contributed by atoms with Crippen molar-refractivity contribution in [2.24, 2.45) is 0 Å². The Kier molecular flexibility index (Phi) is 6.61. The van der Waals surface area contributed by atoms with Gasteiger partial charge in [0.05, 0.1) is 5.25 Å². The first kappa shape index (κ1) is 21.7. The molecular formula is C24H20F2N4OS. The van der Waals surface area contributed by atoms with Crippen LogP contribution in [0.25, 0.3) is 17.1 Å². The summed E-state index contributed by atoms with van der Waals surface area (Å²) in [5, 5.41) is 11.5. The van der Waals surface area contributed by atoms with Crippen LogP contribution in [0.15, 0.2) is 84.0 Å². The van der Waals surface area contributed by atoms with Gasteiger partial charge in [0.1, 0.15) is 11.6 Å². The number of hydrogen-bond donors (Lipinski definition) is 1. The Hall–Kier alpha value is -3.52. The van der Waals surface area contributed by atoms with Crippen LogP contribution in [0.4, 0.5) is 8.78 Å². The van der Waals surface area contributed by atoms with Crippen LogP contribution in [-0.2, 0) is 11.3 Å². The highest BCUT2D eigenvalue weighted by molar-refractivity contribution is 8.00. The van der Waals surface area contributed by atoms with E-state index in [4.69, 9.17) is 0 Å². The van der Waals surface area contributed by atoms with E-state index >= 15 is 0 Å². The number of nitrogens with one attached hydrogen (secondary N) is 1. The van der Waals surface area contributed by atoms with Gasteiger partial charge in [0.2, 0.25) is 5.91 Å². The zero-order chi connectivity index (χ0) is 22.5. The predicted molar refractivity (Wildman–Crippen MR) is 120 cm³/mol. The maximum atomic E-state index is 13.5. The third-order valence-corrected chi connectivity index (χ3v) is 5.82. The first-order chi connectivity index (χ1) is 15.5. The lowest BCUT2D eigenvalue weighted by Crippen LogP contribution is -2.30. The molecule has 0 saturated carbocycles. The molecule has 0 radical (unpaired) electrons. The summed E-state index contributed by atoms with van der Waals surface area (Å²) in [6, 6.07) is 21.4. The summed E-state index contributed by atoms with van der Waals surface area (Å²) >= 11 is 1.24. The Bertz CT molecular complexity index is 1200. The zero-order valence-electron chi connectivity index (χ0n) is 17.2. The van der Waals surface area contributed by atoms with Crippen molar-refractivity contribution in [2.45, 2.75) is 23.9 Å². The molecule has 0 bridgehead atoms. The van der Waals surface area contributed by atoms with Crippen molar-refractivity contribution in [1.29, 1.82) is 0 Å². The number of carbonyl (C=O) groups excluding carboxylic acids is 1. The van der Waals surface area contributed by atoms with Crippen LogP contribution in [0.2, 0.25) is 0 Å². The van der Waals surface area contributed by atoms with Gasteiger partial charge in [0.15, 0.2) is 11.0 Å². The number of thioether (sulfide) groups is 1. The van der Waals surface area contributed by atoms with E-state index in [9.17, 15) is 13.6 Å². The molecule has 3 aromatic carbocycles. The monoisotopic (exact) mass is 450 g/mol. The maximum Gasteiger partial charge on any atom is 0.233 e. The van der Waals surface area contributed by atoms with Crippen LogP contribution in [0, 0.1) is 11.6 Å². The summed E-state index contributed by atoms with van der Waals surface area (Å²) in [7, 11) is 0. The molecule has 0 spiro atoms. The summed E-state index contributed by atoms with van der Waals surface area (Å²) in [4.78, 5) is 12.6. The third-order valence-electron chi connectivity index (χ3n) is 4.78. The smallest absolute Gasteiger partial charge is 0.233 e. The van der Waals surface area contributed by atoms with Crippen LogP contribution in [0.5, 0.6) is 0 Å². The number of aromatic nitrogens is 3. The highest BCUT2D eigenvalue weighted by Gasteiger charge is 2.22. The number of nitrogens with zero attached hydrogens (tertiary/aromatic N) is 3. The second kappa shape index (κ2) is 9.74. The fourth-order valence-corrected chi connectivity index (χ4v) is 3.99. The molecule has 1 aromatic heterocycles. The Labute approximate surface area is 188 Å². The average molecular weight is 451 g/mol. The maximum absolute atomic E-state index is 13.5. The van der Waals surface area contributed by atoms with E-state index in [2.05, 4.69) is 15.5 Å². The third kappa shape index (κ3) is 5.03. The van der Waals surface area contributed by atoms with Gasteiger partial charge in [-0.15, -0.1) is 10.2 Å². The summed E-state index contributed by atoms with van der Waals surface area (Å²) in [5.41, 5.74) is 2.29. The molecule has 8 heteroatoms. The van der Waals surface area contributed by atoms with Crippen molar-refractivity contribution in [3.63, 3.8) is 0 Å². The minimum absolute atomic E-state index is 0.143. The lowest BCUT2D eigenvalue weighted by atomic mass is 10.2. The van der Waals surface area contributed by atoms with Gasteiger partial charge in [0, 0.05) is 17.8 Å². The van der Waals surface area contributed by atoms with Gasteiger partial charge in [-0.3, -0.25) is 9.36 Å². The van der Waals surface area contributed by atoms with E-state index in [0.717, 1.165) is 5.56 Å². The van der Waals surface area contributed by atoms with Crippen molar-refractivity contribution in [3.05, 3.63) is 96.1 Å². The SMILES string of the molecule is CC(Sc1nnc(-c2ccc(F)cc2)n1-c1ccc(F)cc1)C(=O)NCc1ccccc1. The molecule has 1 amide bonds. The summed E-state index contributed by atoms with van der Waals surface area (Å²) in [5.74, 6) is -0.403. The topological polar surface area (TPSA) is 59.8 Å². The molecule has 0 aliphatic heterocycles. The van der Waals surface area contributed by atoms with E-state index in [1.165, 1.54) is 36.0 Å². The molecule has 0 aliphatic carbocycles. The second-order valence-corrected chi connectivity index (χ2v) is 8.40.